The van der Waals surface area contributed by atoms with Gasteiger partial charge in [0.15, 0.2) is 11.0 Å². The molecule has 3 heterocycles. The van der Waals surface area contributed by atoms with Crippen LogP contribution in [0.5, 0.6) is 0 Å². The SMILES string of the molecule is Cc1ccc2nc(-c3ccc(NC(=O)CSc4nnc(-c5csc(C)c5)n4C(C)C)cc3)sc2c1. The summed E-state index contributed by atoms with van der Waals surface area (Å²) in [5.41, 5.74) is 5.10. The second-order valence-corrected chi connectivity index (χ2v) is 11.7. The van der Waals surface area contributed by atoms with Gasteiger partial charge in [-0.15, -0.1) is 32.9 Å². The zero-order valence-corrected chi connectivity index (χ0v) is 22.4. The highest BCUT2D eigenvalue weighted by atomic mass is 32.2. The summed E-state index contributed by atoms with van der Waals surface area (Å²) in [7, 11) is 0. The van der Waals surface area contributed by atoms with Crippen molar-refractivity contribution < 1.29 is 4.79 Å². The predicted octanol–water partition coefficient (Wildman–Crippen LogP) is 7.21. The van der Waals surface area contributed by atoms with Gasteiger partial charge in [-0.25, -0.2) is 4.98 Å². The summed E-state index contributed by atoms with van der Waals surface area (Å²) in [5.74, 6) is 1.02. The molecule has 0 fully saturated rings. The number of nitrogens with zero attached hydrogens (tertiary/aromatic N) is 4. The van der Waals surface area contributed by atoms with Gasteiger partial charge in [-0.3, -0.25) is 9.36 Å². The number of nitrogens with one attached hydrogen (secondary N) is 1. The predicted molar refractivity (Wildman–Crippen MR) is 148 cm³/mol. The molecular weight excluding hydrogens is 495 g/mol. The Bertz CT molecular complexity index is 1500. The highest BCUT2D eigenvalue weighted by Crippen LogP contribution is 2.32. The maximum Gasteiger partial charge on any atom is 0.234 e. The number of hydrogen-bond acceptors (Lipinski definition) is 7. The van der Waals surface area contributed by atoms with E-state index in [0.29, 0.717) is 0 Å². The van der Waals surface area contributed by atoms with Crippen molar-refractivity contribution in [2.75, 3.05) is 11.1 Å². The minimum Gasteiger partial charge on any atom is -0.325 e. The quantitative estimate of drug-likeness (QED) is 0.230. The van der Waals surface area contributed by atoms with E-state index in [4.69, 9.17) is 4.98 Å². The Morgan fingerprint density at radius 3 is 2.57 bits per heavy atom. The molecule has 0 aliphatic rings. The molecule has 35 heavy (non-hydrogen) atoms. The Hall–Kier alpha value is -3.01. The third-order valence-corrected chi connectivity index (χ3v) is 8.33. The van der Waals surface area contributed by atoms with E-state index < -0.39 is 0 Å². The van der Waals surface area contributed by atoms with E-state index in [1.807, 2.05) is 24.3 Å². The van der Waals surface area contributed by atoms with Crippen molar-refractivity contribution in [1.29, 1.82) is 0 Å². The summed E-state index contributed by atoms with van der Waals surface area (Å²) in [6.07, 6.45) is 0. The van der Waals surface area contributed by atoms with Crippen LogP contribution in [0.15, 0.2) is 59.1 Å². The van der Waals surface area contributed by atoms with Gasteiger partial charge in [0.2, 0.25) is 5.91 Å². The maximum absolute atomic E-state index is 12.7. The van der Waals surface area contributed by atoms with Crippen LogP contribution < -0.4 is 5.32 Å². The number of carbonyl (C=O) groups is 1. The van der Waals surface area contributed by atoms with Crippen LogP contribution in [0.3, 0.4) is 0 Å². The van der Waals surface area contributed by atoms with Crippen molar-refractivity contribution in [1.82, 2.24) is 19.7 Å². The molecular formula is C26H25N5OS3. The largest absolute Gasteiger partial charge is 0.325 e. The zero-order chi connectivity index (χ0) is 24.5. The van der Waals surface area contributed by atoms with Gasteiger partial charge in [-0.1, -0.05) is 17.8 Å². The molecule has 0 aliphatic heterocycles. The number of carbonyl (C=O) groups excluding carboxylic acids is 1. The molecule has 5 rings (SSSR count). The Balaban J connectivity index is 1.24. The first-order chi connectivity index (χ1) is 16.9. The van der Waals surface area contributed by atoms with Gasteiger partial charge >= 0.3 is 0 Å². The first-order valence-corrected chi connectivity index (χ1v) is 14.0. The number of rotatable bonds is 7. The Kier molecular flexibility index (Phi) is 6.73. The second-order valence-electron chi connectivity index (χ2n) is 8.62. The fourth-order valence-electron chi connectivity index (χ4n) is 3.78. The van der Waals surface area contributed by atoms with Crippen molar-refractivity contribution in [2.24, 2.45) is 0 Å². The number of thiazole rings is 1. The van der Waals surface area contributed by atoms with E-state index in [9.17, 15) is 4.79 Å². The van der Waals surface area contributed by atoms with E-state index >= 15 is 0 Å². The van der Waals surface area contributed by atoms with E-state index in [2.05, 4.69) is 77.4 Å². The van der Waals surface area contributed by atoms with Crippen molar-refractivity contribution in [2.45, 2.75) is 38.9 Å². The maximum atomic E-state index is 12.7. The fraction of sp³-hybridized carbons (Fsp3) is 0.231. The number of thiophene rings is 1. The summed E-state index contributed by atoms with van der Waals surface area (Å²) < 4.78 is 3.27. The molecule has 2 aromatic carbocycles. The molecule has 1 amide bonds. The number of anilines is 1. The van der Waals surface area contributed by atoms with Gasteiger partial charge < -0.3 is 5.32 Å². The molecule has 0 aliphatic carbocycles. The lowest BCUT2D eigenvalue weighted by atomic mass is 10.2. The topological polar surface area (TPSA) is 72.7 Å². The second kappa shape index (κ2) is 9.93. The number of fused-ring (bicyclic) bond motifs is 1. The minimum absolute atomic E-state index is 0.0792. The van der Waals surface area contributed by atoms with Crippen molar-refractivity contribution in [3.63, 3.8) is 0 Å². The van der Waals surface area contributed by atoms with E-state index in [1.165, 1.54) is 26.9 Å². The molecule has 3 aromatic heterocycles. The van der Waals surface area contributed by atoms with Crippen LogP contribution >= 0.6 is 34.4 Å². The molecule has 9 heteroatoms. The highest BCUT2D eigenvalue weighted by Gasteiger charge is 2.18. The highest BCUT2D eigenvalue weighted by molar-refractivity contribution is 7.99. The Morgan fingerprint density at radius 1 is 1.06 bits per heavy atom. The molecule has 0 saturated carbocycles. The van der Waals surface area contributed by atoms with E-state index in [1.54, 1.807) is 22.7 Å². The van der Waals surface area contributed by atoms with Crippen LogP contribution in [0.4, 0.5) is 5.69 Å². The van der Waals surface area contributed by atoms with Gasteiger partial charge in [0.1, 0.15) is 5.01 Å². The summed E-state index contributed by atoms with van der Waals surface area (Å²) in [6.45, 7) is 8.37. The van der Waals surface area contributed by atoms with E-state index in [-0.39, 0.29) is 17.7 Å². The summed E-state index contributed by atoms with van der Waals surface area (Å²) in [6, 6.07) is 16.4. The molecule has 1 N–H and O–H groups in total. The summed E-state index contributed by atoms with van der Waals surface area (Å²) in [4.78, 5) is 18.6. The average Bonchev–Trinajstić information content (AvgIpc) is 3.55. The molecule has 0 unspecified atom stereocenters. The number of benzene rings is 2. The number of hydrogen-bond donors (Lipinski definition) is 1. The van der Waals surface area contributed by atoms with Gasteiger partial charge in [0.25, 0.3) is 0 Å². The van der Waals surface area contributed by atoms with Crippen molar-refractivity contribution in [3.05, 3.63) is 64.4 Å². The summed E-state index contributed by atoms with van der Waals surface area (Å²) in [5, 5.41) is 15.6. The summed E-state index contributed by atoms with van der Waals surface area (Å²) >= 11 is 4.77. The number of aryl methyl sites for hydroxylation is 2. The fourth-order valence-corrected chi connectivity index (χ4v) is 6.40. The monoisotopic (exact) mass is 519 g/mol. The third-order valence-electron chi connectivity index (χ3n) is 5.46. The van der Waals surface area contributed by atoms with Crippen LogP contribution in [0.1, 0.15) is 30.3 Å². The van der Waals surface area contributed by atoms with Crippen LogP contribution in [0.25, 0.3) is 32.2 Å². The number of amides is 1. The normalized spacial score (nSPS) is 11.5. The Morgan fingerprint density at radius 2 is 1.86 bits per heavy atom. The first kappa shape index (κ1) is 23.7. The smallest absolute Gasteiger partial charge is 0.234 e. The lowest BCUT2D eigenvalue weighted by Crippen LogP contribution is -2.15. The standard InChI is InChI=1S/C26H25N5OS3/c1-15(2)31-24(19-12-17(4)33-13-19)29-30-26(31)34-14-23(32)27-20-8-6-18(7-9-20)25-28-21-10-5-16(3)11-22(21)35-25/h5-13,15H,14H2,1-4H3,(H,27,32). The number of thioether (sulfide) groups is 1. The lowest BCUT2D eigenvalue weighted by molar-refractivity contribution is -0.113. The van der Waals surface area contributed by atoms with Crippen LogP contribution in [0.2, 0.25) is 0 Å². The van der Waals surface area contributed by atoms with Crippen LogP contribution in [-0.2, 0) is 4.79 Å². The first-order valence-electron chi connectivity index (χ1n) is 11.3. The molecule has 0 spiro atoms. The molecule has 178 valence electrons. The molecule has 5 aromatic rings. The number of aromatic nitrogens is 4. The van der Waals surface area contributed by atoms with Gasteiger partial charge in [-0.2, -0.15) is 0 Å². The van der Waals surface area contributed by atoms with Crippen molar-refractivity contribution in [3.8, 4) is 22.0 Å². The third kappa shape index (κ3) is 5.17. The van der Waals surface area contributed by atoms with Gasteiger partial charge in [0, 0.05) is 33.1 Å². The molecule has 0 saturated heterocycles. The molecule has 6 nitrogen and oxygen atoms in total. The van der Waals surface area contributed by atoms with Gasteiger partial charge in [-0.05, 0) is 75.7 Å². The lowest BCUT2D eigenvalue weighted by Gasteiger charge is -2.13. The molecule has 0 bridgehead atoms. The van der Waals surface area contributed by atoms with Crippen LogP contribution in [-0.4, -0.2) is 31.4 Å². The average molecular weight is 520 g/mol. The minimum atomic E-state index is -0.0792. The zero-order valence-electron chi connectivity index (χ0n) is 19.9. The molecule has 0 radical (unpaired) electrons. The van der Waals surface area contributed by atoms with Gasteiger partial charge in [0.05, 0.1) is 16.0 Å². The van der Waals surface area contributed by atoms with E-state index in [0.717, 1.165) is 38.3 Å². The van der Waals surface area contributed by atoms with Crippen molar-refractivity contribution >= 4 is 56.2 Å². The Labute approximate surface area is 216 Å². The van der Waals surface area contributed by atoms with Crippen LogP contribution in [0, 0.1) is 13.8 Å². The molecule has 0 atom stereocenters.